The van der Waals surface area contributed by atoms with Gasteiger partial charge in [0.05, 0.1) is 19.1 Å². The monoisotopic (exact) mass is 304 g/mol. The lowest BCUT2D eigenvalue weighted by molar-refractivity contribution is -0.136. The summed E-state index contributed by atoms with van der Waals surface area (Å²) < 4.78 is 16.6. The molecule has 1 aliphatic carbocycles. The molecule has 0 N–H and O–H groups in total. The maximum Gasteiger partial charge on any atom is 0.315 e. The summed E-state index contributed by atoms with van der Waals surface area (Å²) in [5, 5.41) is 0. The highest BCUT2D eigenvalue weighted by molar-refractivity contribution is 6.10. The van der Waals surface area contributed by atoms with Crippen molar-refractivity contribution in [2.75, 3.05) is 13.2 Å². The van der Waals surface area contributed by atoms with E-state index in [4.69, 9.17) is 14.2 Å². The number of ketones is 1. The second kappa shape index (κ2) is 5.00. The van der Waals surface area contributed by atoms with Gasteiger partial charge in [0.25, 0.3) is 0 Å². The lowest BCUT2D eigenvalue weighted by atomic mass is 9.99. The van der Waals surface area contributed by atoms with Gasteiger partial charge in [0.15, 0.2) is 17.3 Å². The average molecular weight is 304 g/mol. The van der Waals surface area contributed by atoms with Crippen LogP contribution in [0.25, 0.3) is 0 Å². The number of ether oxygens (including phenoxy) is 3. The molecular formula is C17H20O5. The molecule has 1 fully saturated rings. The van der Waals surface area contributed by atoms with Crippen molar-refractivity contribution in [2.24, 2.45) is 17.3 Å². The normalized spacial score (nSPS) is 24.7. The molecule has 0 saturated heterocycles. The largest absolute Gasteiger partial charge is 0.490 e. The Kier molecular flexibility index (Phi) is 3.38. The van der Waals surface area contributed by atoms with Crippen LogP contribution >= 0.6 is 0 Å². The molecule has 118 valence electrons. The molecule has 2 aliphatic rings. The van der Waals surface area contributed by atoms with Crippen molar-refractivity contribution in [1.82, 2.24) is 0 Å². The predicted molar refractivity (Wildman–Crippen MR) is 79.5 cm³/mol. The fourth-order valence-electron chi connectivity index (χ4n) is 3.31. The van der Waals surface area contributed by atoms with Crippen molar-refractivity contribution < 1.29 is 23.8 Å². The average Bonchev–Trinajstić information content (AvgIpc) is 3.06. The van der Waals surface area contributed by atoms with Gasteiger partial charge in [-0.3, -0.25) is 9.59 Å². The molecule has 1 heterocycles. The third-order valence-electron chi connectivity index (χ3n) is 4.49. The molecule has 3 rings (SSSR count). The van der Waals surface area contributed by atoms with Crippen molar-refractivity contribution >= 4 is 11.8 Å². The van der Waals surface area contributed by atoms with Gasteiger partial charge in [0.2, 0.25) is 0 Å². The van der Waals surface area contributed by atoms with Crippen LogP contribution in [0.1, 0.15) is 38.1 Å². The molecule has 2 unspecified atom stereocenters. The first kappa shape index (κ1) is 14.9. The second-order valence-electron chi connectivity index (χ2n) is 6.19. The van der Waals surface area contributed by atoms with Crippen LogP contribution < -0.4 is 14.2 Å². The Morgan fingerprint density at radius 3 is 2.41 bits per heavy atom. The van der Waals surface area contributed by atoms with Gasteiger partial charge >= 0.3 is 5.97 Å². The first-order chi connectivity index (χ1) is 10.4. The van der Waals surface area contributed by atoms with E-state index in [0.717, 1.165) is 0 Å². The fourth-order valence-corrected chi connectivity index (χ4v) is 3.31. The highest BCUT2D eigenvalue weighted by atomic mass is 16.5. The quantitative estimate of drug-likeness (QED) is 0.632. The molecule has 0 bridgehead atoms. The summed E-state index contributed by atoms with van der Waals surface area (Å²) >= 11 is 0. The van der Waals surface area contributed by atoms with E-state index in [1.54, 1.807) is 12.1 Å². The molecule has 22 heavy (non-hydrogen) atoms. The van der Waals surface area contributed by atoms with Crippen LogP contribution in [-0.2, 0) is 4.79 Å². The van der Waals surface area contributed by atoms with Crippen LogP contribution in [0.15, 0.2) is 12.1 Å². The van der Waals surface area contributed by atoms with Gasteiger partial charge in [0.1, 0.15) is 11.3 Å². The van der Waals surface area contributed by atoms with Gasteiger partial charge < -0.3 is 14.2 Å². The lowest BCUT2D eigenvalue weighted by Crippen LogP contribution is -2.15. The first-order valence-corrected chi connectivity index (χ1v) is 7.62. The van der Waals surface area contributed by atoms with E-state index < -0.39 is 0 Å². The number of carbonyl (C=O) groups excluding carboxylic acids is 2. The third kappa shape index (κ3) is 1.99. The Morgan fingerprint density at radius 1 is 1.09 bits per heavy atom. The molecule has 1 saturated carbocycles. The van der Waals surface area contributed by atoms with E-state index in [-0.39, 0.29) is 34.8 Å². The molecule has 1 aromatic carbocycles. The molecule has 2 atom stereocenters. The van der Waals surface area contributed by atoms with Crippen LogP contribution in [0.4, 0.5) is 0 Å². The predicted octanol–water partition coefficient (Wildman–Crippen LogP) is 2.86. The molecule has 0 radical (unpaired) electrons. The molecule has 1 aromatic rings. The van der Waals surface area contributed by atoms with E-state index in [2.05, 4.69) is 0 Å². The van der Waals surface area contributed by atoms with Gasteiger partial charge in [-0.2, -0.15) is 0 Å². The molecule has 1 aliphatic heterocycles. The fraction of sp³-hybridized carbons (Fsp3) is 0.529. The van der Waals surface area contributed by atoms with Gasteiger partial charge in [-0.1, -0.05) is 13.8 Å². The van der Waals surface area contributed by atoms with Crippen LogP contribution in [0, 0.1) is 17.3 Å². The molecule has 0 aromatic heterocycles. The highest BCUT2D eigenvalue weighted by Gasteiger charge is 2.68. The summed E-state index contributed by atoms with van der Waals surface area (Å²) in [6, 6.07) is 3.28. The minimum Gasteiger partial charge on any atom is -0.490 e. The zero-order valence-corrected chi connectivity index (χ0v) is 13.3. The summed E-state index contributed by atoms with van der Waals surface area (Å²) in [5.41, 5.74) is -0.0315. The van der Waals surface area contributed by atoms with Gasteiger partial charge in [-0.25, -0.2) is 0 Å². The van der Waals surface area contributed by atoms with E-state index in [9.17, 15) is 9.59 Å². The van der Waals surface area contributed by atoms with Crippen LogP contribution in [0.5, 0.6) is 17.2 Å². The number of hydrogen-bond donors (Lipinski definition) is 0. The number of benzene rings is 1. The smallest absolute Gasteiger partial charge is 0.315 e. The van der Waals surface area contributed by atoms with Crippen molar-refractivity contribution in [3.8, 4) is 17.2 Å². The summed E-state index contributed by atoms with van der Waals surface area (Å²) in [6.07, 6.45) is 0. The Bertz CT molecular complexity index is 647. The van der Waals surface area contributed by atoms with Crippen molar-refractivity contribution in [3.05, 3.63) is 17.7 Å². The zero-order valence-electron chi connectivity index (χ0n) is 13.3. The lowest BCUT2D eigenvalue weighted by Gasteiger charge is -2.17. The Balaban J connectivity index is 2.14. The highest BCUT2D eigenvalue weighted by Crippen LogP contribution is 2.62. The Hall–Kier alpha value is -2.04. The molecule has 0 amide bonds. The Labute approximate surface area is 129 Å². The van der Waals surface area contributed by atoms with Crippen molar-refractivity contribution in [3.63, 3.8) is 0 Å². The molecule has 0 spiro atoms. The summed E-state index contributed by atoms with van der Waals surface area (Å²) in [4.78, 5) is 25.1. The molecule has 5 nitrogen and oxygen atoms in total. The van der Waals surface area contributed by atoms with E-state index in [1.807, 2.05) is 27.7 Å². The minimum atomic E-state index is -0.377. The zero-order chi connectivity index (χ0) is 16.1. The SMILES string of the molecule is CCOc1ccc2c(c1OCC)C(=O)C1C(C(=O)O2)C1(C)C. The maximum atomic E-state index is 12.9. The van der Waals surface area contributed by atoms with Crippen molar-refractivity contribution in [1.29, 1.82) is 0 Å². The van der Waals surface area contributed by atoms with E-state index in [1.165, 1.54) is 0 Å². The number of fused-ring (bicyclic) bond motifs is 2. The standard InChI is InChI=1S/C17H20O5/c1-5-20-10-8-7-9-11(15(10)21-6-2)14(18)12-13(16(19)22-9)17(12,3)4/h7-8,12-13H,5-6H2,1-4H3. The second-order valence-corrected chi connectivity index (χ2v) is 6.19. The summed E-state index contributed by atoms with van der Waals surface area (Å²) in [7, 11) is 0. The van der Waals surface area contributed by atoms with Crippen LogP contribution in [0.3, 0.4) is 0 Å². The number of esters is 1. The van der Waals surface area contributed by atoms with Crippen molar-refractivity contribution in [2.45, 2.75) is 27.7 Å². The number of Topliss-reactive ketones (excluding diaryl/α,β-unsaturated/α-hetero) is 1. The number of hydrogen-bond acceptors (Lipinski definition) is 5. The van der Waals surface area contributed by atoms with E-state index >= 15 is 0 Å². The van der Waals surface area contributed by atoms with E-state index in [0.29, 0.717) is 30.3 Å². The van der Waals surface area contributed by atoms with Crippen LogP contribution in [-0.4, -0.2) is 25.0 Å². The summed E-state index contributed by atoms with van der Waals surface area (Å²) in [5.74, 6) is -0.0124. The minimum absolute atomic E-state index is 0.0964. The topological polar surface area (TPSA) is 61.8 Å². The molecule has 5 heteroatoms. The van der Waals surface area contributed by atoms with Gasteiger partial charge in [-0.15, -0.1) is 0 Å². The number of rotatable bonds is 4. The Morgan fingerprint density at radius 2 is 1.77 bits per heavy atom. The van der Waals surface area contributed by atoms with Gasteiger partial charge in [0, 0.05) is 5.92 Å². The number of carbonyl (C=O) groups is 2. The first-order valence-electron chi connectivity index (χ1n) is 7.62. The summed E-state index contributed by atoms with van der Waals surface area (Å²) in [6.45, 7) is 8.40. The van der Waals surface area contributed by atoms with Crippen LogP contribution in [0.2, 0.25) is 0 Å². The van der Waals surface area contributed by atoms with Gasteiger partial charge in [-0.05, 0) is 31.4 Å². The third-order valence-corrected chi connectivity index (χ3v) is 4.49. The molecular weight excluding hydrogens is 284 g/mol. The maximum absolute atomic E-state index is 12.9.